The Labute approximate surface area is 133 Å². The van der Waals surface area contributed by atoms with Crippen LogP contribution in [0, 0.1) is 0 Å². The van der Waals surface area contributed by atoms with E-state index < -0.39 is 0 Å². The minimum Gasteiger partial charge on any atom is -0.369 e. The summed E-state index contributed by atoms with van der Waals surface area (Å²) in [7, 11) is 0. The van der Waals surface area contributed by atoms with E-state index in [1.165, 1.54) is 11.1 Å². The summed E-state index contributed by atoms with van der Waals surface area (Å²) in [4.78, 5) is 0. The molecule has 2 unspecified atom stereocenters. The van der Waals surface area contributed by atoms with Gasteiger partial charge in [0, 0.05) is 6.42 Å². The lowest BCUT2D eigenvalue weighted by Crippen LogP contribution is -2.33. The molecule has 2 aromatic carbocycles. The summed E-state index contributed by atoms with van der Waals surface area (Å²) in [6.07, 6.45) is 2.90. The zero-order valence-corrected chi connectivity index (χ0v) is 12.9. The highest BCUT2D eigenvalue weighted by atomic mass is 16.5. The number of hydrogen-bond acceptors (Lipinski definition) is 1. The lowest BCUT2D eigenvalue weighted by molar-refractivity contribution is -0.00378. The second kappa shape index (κ2) is 6.76. The van der Waals surface area contributed by atoms with Crippen LogP contribution in [-0.2, 0) is 17.6 Å². The molecule has 1 aliphatic rings. The van der Waals surface area contributed by atoms with Crippen LogP contribution in [0.5, 0.6) is 0 Å². The smallest absolute Gasteiger partial charge is 0.0866 e. The molecule has 0 N–H and O–H groups in total. The van der Waals surface area contributed by atoms with Crippen molar-refractivity contribution in [3.63, 3.8) is 0 Å². The third-order valence-corrected chi connectivity index (χ3v) is 4.24. The Hall–Kier alpha value is -2.12. The largest absolute Gasteiger partial charge is 0.369 e. The normalized spacial score (nSPS) is 21.8. The van der Waals surface area contributed by atoms with E-state index in [0.717, 1.165) is 30.4 Å². The molecule has 0 amide bonds. The second-order valence-corrected chi connectivity index (χ2v) is 5.96. The molecule has 1 nitrogen and oxygen atoms in total. The maximum Gasteiger partial charge on any atom is 0.0866 e. The van der Waals surface area contributed by atoms with Crippen LogP contribution < -0.4 is 0 Å². The number of hydrogen-bond donors (Lipinski definition) is 0. The van der Waals surface area contributed by atoms with E-state index in [9.17, 15) is 0 Å². The van der Waals surface area contributed by atoms with Crippen molar-refractivity contribution < 1.29 is 4.74 Å². The van der Waals surface area contributed by atoms with Gasteiger partial charge in [0.05, 0.1) is 12.2 Å². The van der Waals surface area contributed by atoms with E-state index in [1.54, 1.807) is 0 Å². The molecule has 2 aromatic rings. The zero-order valence-electron chi connectivity index (χ0n) is 12.9. The van der Waals surface area contributed by atoms with Gasteiger partial charge in [-0.3, -0.25) is 0 Å². The molecule has 1 fully saturated rings. The van der Waals surface area contributed by atoms with Crippen molar-refractivity contribution >= 4 is 0 Å². The first-order valence-corrected chi connectivity index (χ1v) is 7.82. The Morgan fingerprint density at radius 3 is 1.95 bits per heavy atom. The van der Waals surface area contributed by atoms with E-state index in [1.807, 2.05) is 12.1 Å². The van der Waals surface area contributed by atoms with Crippen molar-refractivity contribution in [2.75, 3.05) is 0 Å². The average Bonchev–Trinajstić information content (AvgIpc) is 2.54. The molecule has 0 aliphatic carbocycles. The van der Waals surface area contributed by atoms with Crippen LogP contribution >= 0.6 is 0 Å². The van der Waals surface area contributed by atoms with Gasteiger partial charge in [-0.25, -0.2) is 0 Å². The van der Waals surface area contributed by atoms with Crippen LogP contribution in [0.4, 0.5) is 0 Å². The predicted octanol–water partition coefficient (Wildman–Crippen LogP) is 4.74. The fraction of sp³-hybridized carbons (Fsp3) is 0.238. The maximum atomic E-state index is 6.32. The lowest BCUT2D eigenvalue weighted by atomic mass is 9.89. The Morgan fingerprint density at radius 2 is 1.36 bits per heavy atom. The minimum absolute atomic E-state index is 0.0392. The van der Waals surface area contributed by atoms with Crippen molar-refractivity contribution in [1.82, 2.24) is 0 Å². The van der Waals surface area contributed by atoms with Gasteiger partial charge in [0.2, 0.25) is 0 Å². The molecule has 22 heavy (non-hydrogen) atoms. The molecule has 1 heterocycles. The Kier molecular flexibility index (Phi) is 4.55. The minimum atomic E-state index is 0.0392. The first-order chi connectivity index (χ1) is 10.7. The number of benzene rings is 2. The Morgan fingerprint density at radius 1 is 0.818 bits per heavy atom. The zero-order chi connectivity index (χ0) is 15.4. The Balaban J connectivity index is 1.70. The molecule has 1 aliphatic heterocycles. The fourth-order valence-corrected chi connectivity index (χ4v) is 2.99. The topological polar surface area (TPSA) is 9.23 Å². The van der Waals surface area contributed by atoms with E-state index in [-0.39, 0.29) is 12.2 Å². The molecule has 0 bridgehead atoms. The van der Waals surface area contributed by atoms with Gasteiger partial charge in [-0.15, -0.1) is 0 Å². The van der Waals surface area contributed by atoms with E-state index in [0.29, 0.717) is 0 Å². The van der Waals surface area contributed by atoms with Crippen LogP contribution in [0.25, 0.3) is 0 Å². The van der Waals surface area contributed by atoms with Crippen molar-refractivity contribution in [3.05, 3.63) is 96.1 Å². The van der Waals surface area contributed by atoms with Crippen LogP contribution in [0.15, 0.2) is 85.0 Å². The molecule has 1 heteroatoms. The van der Waals surface area contributed by atoms with Crippen LogP contribution in [0.3, 0.4) is 0 Å². The van der Waals surface area contributed by atoms with Crippen molar-refractivity contribution in [1.29, 1.82) is 0 Å². The standard InChI is InChI=1S/C21H22O/c1-16-13-20(14-18-9-5-3-6-10-18)22-21(17(16)2)15-19-11-7-4-8-12-19/h3-12,20-21H,1-2,13-15H2. The maximum absolute atomic E-state index is 6.32. The highest BCUT2D eigenvalue weighted by molar-refractivity contribution is 5.34. The van der Waals surface area contributed by atoms with Gasteiger partial charge >= 0.3 is 0 Å². The molecule has 0 saturated carbocycles. The van der Waals surface area contributed by atoms with Gasteiger partial charge in [0.1, 0.15) is 0 Å². The Bertz CT molecular complexity index is 642. The third-order valence-electron chi connectivity index (χ3n) is 4.24. The fourth-order valence-electron chi connectivity index (χ4n) is 2.99. The first kappa shape index (κ1) is 14.8. The summed E-state index contributed by atoms with van der Waals surface area (Å²) in [5, 5.41) is 0. The van der Waals surface area contributed by atoms with E-state index in [2.05, 4.69) is 61.7 Å². The molecule has 112 valence electrons. The van der Waals surface area contributed by atoms with Gasteiger partial charge in [0.25, 0.3) is 0 Å². The quantitative estimate of drug-likeness (QED) is 0.790. The monoisotopic (exact) mass is 290 g/mol. The molecule has 2 atom stereocenters. The van der Waals surface area contributed by atoms with Crippen LogP contribution in [-0.4, -0.2) is 12.2 Å². The molecule has 0 aromatic heterocycles. The summed E-state index contributed by atoms with van der Waals surface area (Å²) in [5.74, 6) is 0. The number of rotatable bonds is 4. The summed E-state index contributed by atoms with van der Waals surface area (Å²) >= 11 is 0. The third kappa shape index (κ3) is 3.55. The van der Waals surface area contributed by atoms with E-state index >= 15 is 0 Å². The molecule has 0 spiro atoms. The summed E-state index contributed by atoms with van der Waals surface area (Å²) in [6.45, 7) is 8.39. The second-order valence-electron chi connectivity index (χ2n) is 5.96. The average molecular weight is 290 g/mol. The molecule has 0 radical (unpaired) electrons. The highest BCUT2D eigenvalue weighted by Gasteiger charge is 2.28. The van der Waals surface area contributed by atoms with Crippen molar-refractivity contribution in [2.45, 2.75) is 31.5 Å². The molecular weight excluding hydrogens is 268 g/mol. The molecule has 3 rings (SSSR count). The van der Waals surface area contributed by atoms with Gasteiger partial charge < -0.3 is 4.74 Å². The van der Waals surface area contributed by atoms with Crippen LogP contribution in [0.1, 0.15) is 17.5 Å². The highest BCUT2D eigenvalue weighted by Crippen LogP contribution is 2.30. The van der Waals surface area contributed by atoms with Gasteiger partial charge in [-0.05, 0) is 35.1 Å². The summed E-state index contributed by atoms with van der Waals surface area (Å²) < 4.78 is 6.32. The molecular formula is C21H22O. The van der Waals surface area contributed by atoms with Gasteiger partial charge in [-0.1, -0.05) is 73.8 Å². The predicted molar refractivity (Wildman–Crippen MR) is 91.9 cm³/mol. The molecule has 1 saturated heterocycles. The van der Waals surface area contributed by atoms with Gasteiger partial charge in [-0.2, -0.15) is 0 Å². The lowest BCUT2D eigenvalue weighted by Gasteiger charge is -2.33. The van der Waals surface area contributed by atoms with E-state index in [4.69, 9.17) is 4.74 Å². The van der Waals surface area contributed by atoms with Gasteiger partial charge in [0.15, 0.2) is 0 Å². The van der Waals surface area contributed by atoms with Crippen LogP contribution in [0.2, 0.25) is 0 Å². The van der Waals surface area contributed by atoms with Crippen molar-refractivity contribution in [2.24, 2.45) is 0 Å². The number of ether oxygens (including phenoxy) is 1. The van der Waals surface area contributed by atoms with Crippen molar-refractivity contribution in [3.8, 4) is 0 Å². The first-order valence-electron chi connectivity index (χ1n) is 7.82. The summed E-state index contributed by atoms with van der Waals surface area (Å²) in [5.41, 5.74) is 4.77. The SMILES string of the molecule is C=C1CC(Cc2ccccc2)OC(Cc2ccccc2)C1=C. The summed E-state index contributed by atoms with van der Waals surface area (Å²) in [6, 6.07) is 21.0.